The minimum absolute atomic E-state index is 0.120. The van der Waals surface area contributed by atoms with E-state index in [0.29, 0.717) is 4.88 Å². The molecular weight excluding hydrogens is 281 g/mol. The van der Waals surface area contributed by atoms with Crippen molar-refractivity contribution in [1.82, 2.24) is 0 Å². The van der Waals surface area contributed by atoms with Gasteiger partial charge in [-0.15, -0.1) is 11.3 Å². The number of halogens is 1. The number of oxime groups is 1. The van der Waals surface area contributed by atoms with E-state index in [2.05, 4.69) is 10.5 Å². The van der Waals surface area contributed by atoms with E-state index in [1.54, 1.807) is 5.38 Å². The maximum Gasteiger partial charge on any atom is 0.266 e. The fraction of sp³-hybridized carbons (Fsp3) is 0.0769. The van der Waals surface area contributed by atoms with E-state index < -0.39 is 5.82 Å². The molecule has 20 heavy (non-hydrogen) atoms. The van der Waals surface area contributed by atoms with Crippen molar-refractivity contribution >= 4 is 28.8 Å². The number of carbonyl (C=O) groups is 1. The van der Waals surface area contributed by atoms with Crippen LogP contribution >= 0.6 is 11.3 Å². The molecule has 104 valence electrons. The van der Waals surface area contributed by atoms with Crippen molar-refractivity contribution in [2.45, 2.75) is 6.92 Å². The Labute approximate surface area is 118 Å². The number of aryl methyl sites for hydroxylation is 1. The summed E-state index contributed by atoms with van der Waals surface area (Å²) in [6.45, 7) is 1.82. The second-order valence-corrected chi connectivity index (χ2v) is 4.98. The third-order valence-corrected chi connectivity index (χ3v) is 3.70. The molecule has 7 heteroatoms. The number of nitrogens with zero attached hydrogens (tertiary/aromatic N) is 1. The smallest absolute Gasteiger partial charge is 0.266 e. The lowest BCUT2D eigenvalue weighted by Crippen LogP contribution is -2.19. The zero-order valence-corrected chi connectivity index (χ0v) is 11.4. The van der Waals surface area contributed by atoms with E-state index in [0.717, 1.165) is 11.6 Å². The van der Waals surface area contributed by atoms with Gasteiger partial charge in [-0.25, -0.2) is 4.39 Å². The van der Waals surface area contributed by atoms with E-state index in [4.69, 9.17) is 10.9 Å². The first-order valence-electron chi connectivity index (χ1n) is 5.66. The van der Waals surface area contributed by atoms with E-state index in [-0.39, 0.29) is 23.0 Å². The Bertz CT molecular complexity index is 682. The summed E-state index contributed by atoms with van der Waals surface area (Å²) < 4.78 is 13.2. The molecule has 1 aromatic heterocycles. The van der Waals surface area contributed by atoms with E-state index in [1.807, 2.05) is 13.0 Å². The van der Waals surface area contributed by atoms with Crippen molar-refractivity contribution in [2.24, 2.45) is 10.9 Å². The van der Waals surface area contributed by atoms with Gasteiger partial charge in [0.15, 0.2) is 5.84 Å². The molecule has 0 saturated heterocycles. The third kappa shape index (κ3) is 2.77. The van der Waals surface area contributed by atoms with Crippen LogP contribution in [-0.4, -0.2) is 17.0 Å². The lowest BCUT2D eigenvalue weighted by atomic mass is 10.1. The third-order valence-electron chi connectivity index (χ3n) is 2.68. The van der Waals surface area contributed by atoms with E-state index >= 15 is 0 Å². The molecular formula is C13H12FN3O2S. The Morgan fingerprint density at radius 3 is 2.80 bits per heavy atom. The van der Waals surface area contributed by atoms with E-state index in [9.17, 15) is 9.18 Å². The molecule has 0 unspecified atom stereocenters. The summed E-state index contributed by atoms with van der Waals surface area (Å²) in [6.07, 6.45) is 0. The number of benzene rings is 1. The van der Waals surface area contributed by atoms with Crippen LogP contribution in [0.2, 0.25) is 0 Å². The van der Waals surface area contributed by atoms with Gasteiger partial charge in [0.2, 0.25) is 0 Å². The van der Waals surface area contributed by atoms with Gasteiger partial charge in [-0.3, -0.25) is 4.79 Å². The Morgan fingerprint density at radius 1 is 1.45 bits per heavy atom. The molecule has 0 aliphatic rings. The minimum atomic E-state index is -0.545. The molecule has 0 aliphatic heterocycles. The zero-order valence-electron chi connectivity index (χ0n) is 10.6. The normalized spacial score (nSPS) is 11.4. The van der Waals surface area contributed by atoms with Gasteiger partial charge in [0.05, 0.1) is 10.6 Å². The number of carbonyl (C=O) groups excluding carboxylic acids is 1. The average Bonchev–Trinajstić information content (AvgIpc) is 2.86. The summed E-state index contributed by atoms with van der Waals surface area (Å²) in [7, 11) is 0. The molecule has 1 amide bonds. The number of nitrogens with two attached hydrogens (primary N) is 1. The molecule has 0 atom stereocenters. The van der Waals surface area contributed by atoms with Crippen LogP contribution < -0.4 is 11.1 Å². The van der Waals surface area contributed by atoms with Crippen molar-refractivity contribution in [1.29, 1.82) is 0 Å². The van der Waals surface area contributed by atoms with Gasteiger partial charge in [-0.2, -0.15) is 0 Å². The first-order valence-corrected chi connectivity index (χ1v) is 6.53. The maximum atomic E-state index is 13.2. The zero-order chi connectivity index (χ0) is 14.7. The highest BCUT2D eigenvalue weighted by molar-refractivity contribution is 7.12. The van der Waals surface area contributed by atoms with Gasteiger partial charge in [0.25, 0.3) is 5.91 Å². The summed E-state index contributed by atoms with van der Waals surface area (Å²) in [4.78, 5) is 12.7. The Hall–Kier alpha value is -2.41. The number of amidine groups is 1. The lowest BCUT2D eigenvalue weighted by Gasteiger charge is -2.10. The number of anilines is 1. The monoisotopic (exact) mass is 293 g/mol. The summed E-state index contributed by atoms with van der Waals surface area (Å²) in [6, 6.07) is 5.47. The topological polar surface area (TPSA) is 87.7 Å². The highest BCUT2D eigenvalue weighted by Crippen LogP contribution is 2.21. The molecule has 0 radical (unpaired) electrons. The predicted octanol–water partition coefficient (Wildman–Crippen LogP) is 2.54. The molecule has 0 spiro atoms. The standard InChI is InChI=1S/C13H12FN3O2S/c1-7-4-5-20-11(7)13(18)16-10-3-2-8(14)6-9(10)12(15)17-19/h2-6,19H,1H3,(H2,15,17)(H,16,18). The van der Waals surface area contributed by atoms with Crippen molar-refractivity contribution in [3.05, 3.63) is 51.5 Å². The molecule has 0 saturated carbocycles. The molecule has 0 bridgehead atoms. The average molecular weight is 293 g/mol. The first kappa shape index (κ1) is 14.0. The van der Waals surface area contributed by atoms with Crippen LogP contribution in [0.15, 0.2) is 34.8 Å². The van der Waals surface area contributed by atoms with Gasteiger partial charge in [0.1, 0.15) is 5.82 Å². The molecule has 0 fully saturated rings. The van der Waals surface area contributed by atoms with Crippen LogP contribution in [0.25, 0.3) is 0 Å². The lowest BCUT2D eigenvalue weighted by molar-refractivity contribution is 0.103. The van der Waals surface area contributed by atoms with Crippen LogP contribution in [0, 0.1) is 12.7 Å². The quantitative estimate of drug-likeness (QED) is 0.352. The van der Waals surface area contributed by atoms with Crippen molar-refractivity contribution in [3.8, 4) is 0 Å². The molecule has 2 aromatic rings. The summed E-state index contributed by atoms with van der Waals surface area (Å²) in [5.74, 6) is -1.14. The fourth-order valence-corrected chi connectivity index (χ4v) is 2.50. The van der Waals surface area contributed by atoms with Crippen LogP contribution in [0.4, 0.5) is 10.1 Å². The highest BCUT2D eigenvalue weighted by atomic mass is 32.1. The molecule has 1 heterocycles. The number of hydrogen-bond acceptors (Lipinski definition) is 4. The van der Waals surface area contributed by atoms with Gasteiger partial charge >= 0.3 is 0 Å². The van der Waals surface area contributed by atoms with Crippen molar-refractivity contribution < 1.29 is 14.4 Å². The van der Waals surface area contributed by atoms with Crippen LogP contribution in [0.5, 0.6) is 0 Å². The van der Waals surface area contributed by atoms with Gasteiger partial charge in [-0.05, 0) is 42.1 Å². The number of amides is 1. The van der Waals surface area contributed by atoms with Gasteiger partial charge < -0.3 is 16.3 Å². The number of nitrogens with one attached hydrogen (secondary N) is 1. The number of thiophene rings is 1. The van der Waals surface area contributed by atoms with Crippen LogP contribution in [0.3, 0.4) is 0 Å². The van der Waals surface area contributed by atoms with Crippen molar-refractivity contribution in [3.63, 3.8) is 0 Å². The van der Waals surface area contributed by atoms with Crippen molar-refractivity contribution in [2.75, 3.05) is 5.32 Å². The van der Waals surface area contributed by atoms with Gasteiger partial charge in [0, 0.05) is 5.56 Å². The molecule has 5 nitrogen and oxygen atoms in total. The van der Waals surface area contributed by atoms with E-state index in [1.165, 1.54) is 23.5 Å². The van der Waals surface area contributed by atoms with Gasteiger partial charge in [-0.1, -0.05) is 5.16 Å². The summed E-state index contributed by atoms with van der Waals surface area (Å²) >= 11 is 1.30. The second-order valence-electron chi connectivity index (χ2n) is 4.06. The number of hydrogen-bond donors (Lipinski definition) is 3. The fourth-order valence-electron chi connectivity index (χ4n) is 1.68. The summed E-state index contributed by atoms with van der Waals surface area (Å²) in [5, 5.41) is 16.0. The molecule has 0 aliphatic carbocycles. The largest absolute Gasteiger partial charge is 0.409 e. The highest BCUT2D eigenvalue weighted by Gasteiger charge is 2.15. The Kier molecular flexibility index (Phi) is 3.99. The molecule has 4 N–H and O–H groups in total. The minimum Gasteiger partial charge on any atom is -0.409 e. The first-order chi connectivity index (χ1) is 9.52. The Balaban J connectivity index is 2.35. The number of rotatable bonds is 3. The molecule has 1 aromatic carbocycles. The second kappa shape index (κ2) is 5.70. The molecule has 2 rings (SSSR count). The Morgan fingerprint density at radius 2 is 2.20 bits per heavy atom. The maximum absolute atomic E-state index is 13.2. The SMILES string of the molecule is Cc1ccsc1C(=O)Nc1ccc(F)cc1/C(N)=N/O. The summed E-state index contributed by atoms with van der Waals surface area (Å²) in [5.41, 5.74) is 6.72. The van der Waals surface area contributed by atoms with Crippen LogP contribution in [0.1, 0.15) is 20.8 Å². The van der Waals surface area contributed by atoms with Crippen LogP contribution in [-0.2, 0) is 0 Å². The predicted molar refractivity (Wildman–Crippen MR) is 75.9 cm³/mol.